The van der Waals surface area contributed by atoms with E-state index in [9.17, 15) is 0 Å². The van der Waals surface area contributed by atoms with Crippen molar-refractivity contribution >= 4 is 9.52 Å². The van der Waals surface area contributed by atoms with Gasteiger partial charge in [0, 0.05) is 9.52 Å². The molecule has 1 aliphatic carbocycles. The summed E-state index contributed by atoms with van der Waals surface area (Å²) in [5, 5.41) is 0. The average Bonchev–Trinajstić information content (AvgIpc) is 3.09. The minimum absolute atomic E-state index is 0. The van der Waals surface area contributed by atoms with Gasteiger partial charge in [-0.05, 0) is 6.42 Å². The number of benzene rings is 2. The third-order valence-electron chi connectivity index (χ3n) is 4.80. The molecule has 4 rings (SSSR count). The van der Waals surface area contributed by atoms with Crippen LogP contribution in [-0.4, -0.2) is 9.52 Å². The number of rotatable bonds is 0. The molecule has 0 saturated carbocycles. The SMILES string of the molecule is C[SiH]C.Cc1c[c-](C)c(C)c1C.[Cl-].[Cl-].[Zr+4].[c-]1cccc2c1Cc1ccccc1-2. The molecule has 4 heteroatoms. The number of aryl methyl sites for hydroxylation is 2. The van der Waals surface area contributed by atoms with Gasteiger partial charge in [0.25, 0.3) is 0 Å². The molecule has 0 nitrogen and oxygen atoms in total. The zero-order valence-corrected chi connectivity index (χ0v) is 22.8. The van der Waals surface area contributed by atoms with Crippen LogP contribution in [0, 0.1) is 33.8 Å². The summed E-state index contributed by atoms with van der Waals surface area (Å²) in [4.78, 5) is 0. The molecule has 0 spiro atoms. The largest absolute Gasteiger partial charge is 4.00 e. The van der Waals surface area contributed by atoms with Crippen molar-refractivity contribution in [2.24, 2.45) is 0 Å². The van der Waals surface area contributed by atoms with Crippen LogP contribution in [-0.2, 0) is 32.6 Å². The molecule has 3 aromatic rings. The van der Waals surface area contributed by atoms with Crippen molar-refractivity contribution in [2.75, 3.05) is 0 Å². The molecule has 0 unspecified atom stereocenters. The molecule has 0 N–H and O–H groups in total. The van der Waals surface area contributed by atoms with Gasteiger partial charge in [0.15, 0.2) is 0 Å². The Balaban J connectivity index is 0. The molecule has 0 saturated heterocycles. The maximum Gasteiger partial charge on any atom is 4.00 e. The predicted molar refractivity (Wildman–Crippen MR) is 113 cm³/mol. The maximum atomic E-state index is 3.30. The van der Waals surface area contributed by atoms with Crippen molar-refractivity contribution in [2.45, 2.75) is 47.2 Å². The minimum atomic E-state index is 0. The molecule has 0 aromatic heterocycles. The van der Waals surface area contributed by atoms with E-state index in [1.165, 1.54) is 44.5 Å². The Labute approximate surface area is 205 Å². The summed E-state index contributed by atoms with van der Waals surface area (Å²) in [6.45, 7) is 13.1. The van der Waals surface area contributed by atoms with E-state index >= 15 is 0 Å². The molecule has 1 aliphatic rings. The molecule has 0 heterocycles. The van der Waals surface area contributed by atoms with Crippen LogP contribution in [0.15, 0.2) is 48.5 Å². The zero-order chi connectivity index (χ0) is 18.4. The smallest absolute Gasteiger partial charge is 1.00 e. The van der Waals surface area contributed by atoms with Gasteiger partial charge in [-0.2, -0.15) is 58.1 Å². The molecular formula is C24H29Cl2SiZr. The standard InChI is InChI=1S/C13H9.C9H13.C2H7Si.2ClH.Zr/c1-3-7-12-10(5-1)9-11-6-2-4-8-13(11)12;1-6-5-7(2)9(4)8(6)3;1-3-2;;;/h1-5,7-8H,9H2;5H,1-4H3;3H,1-2H3;2*1H;/q2*-1;;;;+4/p-2. The van der Waals surface area contributed by atoms with Crippen molar-refractivity contribution in [1.29, 1.82) is 0 Å². The number of halogens is 2. The summed E-state index contributed by atoms with van der Waals surface area (Å²) in [6, 6.07) is 20.3. The van der Waals surface area contributed by atoms with E-state index < -0.39 is 0 Å². The normalized spacial score (nSPS) is 9.64. The van der Waals surface area contributed by atoms with Crippen LogP contribution >= 0.6 is 0 Å². The Kier molecular flexibility index (Phi) is 15.3. The Morgan fingerprint density at radius 3 is 2.00 bits per heavy atom. The van der Waals surface area contributed by atoms with E-state index in [0.29, 0.717) is 0 Å². The van der Waals surface area contributed by atoms with E-state index in [4.69, 9.17) is 0 Å². The van der Waals surface area contributed by atoms with Gasteiger partial charge in [-0.1, -0.05) is 76.2 Å². The first kappa shape index (κ1) is 29.7. The predicted octanol–water partition coefficient (Wildman–Crippen LogP) is 0.222. The Hall–Kier alpha value is -0.530. The van der Waals surface area contributed by atoms with Crippen LogP contribution in [0.25, 0.3) is 11.1 Å². The third kappa shape index (κ3) is 7.38. The Morgan fingerprint density at radius 2 is 1.50 bits per heavy atom. The van der Waals surface area contributed by atoms with Gasteiger partial charge in [0.05, 0.1) is 0 Å². The quantitative estimate of drug-likeness (QED) is 0.236. The van der Waals surface area contributed by atoms with Crippen molar-refractivity contribution in [3.05, 3.63) is 88.0 Å². The fourth-order valence-corrected chi connectivity index (χ4v) is 3.13. The van der Waals surface area contributed by atoms with Gasteiger partial charge >= 0.3 is 26.2 Å². The summed E-state index contributed by atoms with van der Waals surface area (Å²) in [7, 11) is 0.750. The molecule has 28 heavy (non-hydrogen) atoms. The van der Waals surface area contributed by atoms with E-state index in [2.05, 4.69) is 89.3 Å². The maximum absolute atomic E-state index is 3.30. The summed E-state index contributed by atoms with van der Waals surface area (Å²) >= 11 is 0. The van der Waals surface area contributed by atoms with Gasteiger partial charge in [-0.25, -0.2) is 0 Å². The topological polar surface area (TPSA) is 0 Å². The van der Waals surface area contributed by atoms with Crippen molar-refractivity contribution in [3.8, 4) is 11.1 Å². The fourth-order valence-electron chi connectivity index (χ4n) is 3.13. The van der Waals surface area contributed by atoms with Gasteiger partial charge in [0.2, 0.25) is 0 Å². The summed E-state index contributed by atoms with van der Waals surface area (Å²) in [5.74, 6) is 0. The van der Waals surface area contributed by atoms with Gasteiger partial charge in [0.1, 0.15) is 0 Å². The van der Waals surface area contributed by atoms with Crippen LogP contribution in [0.4, 0.5) is 0 Å². The Bertz CT molecular complexity index is 774. The zero-order valence-electron chi connectivity index (χ0n) is 17.7. The van der Waals surface area contributed by atoms with Crippen molar-refractivity contribution < 1.29 is 51.0 Å². The van der Waals surface area contributed by atoms with Crippen LogP contribution in [0.5, 0.6) is 0 Å². The summed E-state index contributed by atoms with van der Waals surface area (Å²) < 4.78 is 0. The fraction of sp³-hybridized carbons (Fsp3) is 0.292. The van der Waals surface area contributed by atoms with Crippen molar-refractivity contribution in [1.82, 2.24) is 0 Å². The molecular weight excluding hydrogens is 478 g/mol. The molecule has 1 radical (unpaired) electrons. The van der Waals surface area contributed by atoms with Crippen LogP contribution in [0.3, 0.4) is 0 Å². The molecule has 0 atom stereocenters. The summed E-state index contributed by atoms with van der Waals surface area (Å²) in [6.07, 6.45) is 1.05. The second kappa shape index (κ2) is 14.5. The average molecular weight is 508 g/mol. The molecule has 3 aromatic carbocycles. The van der Waals surface area contributed by atoms with E-state index in [-0.39, 0.29) is 51.0 Å². The van der Waals surface area contributed by atoms with E-state index in [1.54, 1.807) is 0 Å². The second-order valence-corrected chi connectivity index (χ2v) is 7.89. The van der Waals surface area contributed by atoms with Crippen molar-refractivity contribution in [3.63, 3.8) is 0 Å². The number of fused-ring (bicyclic) bond motifs is 3. The molecule has 147 valence electrons. The first-order chi connectivity index (χ1) is 12.0. The third-order valence-corrected chi connectivity index (χ3v) is 4.80. The molecule has 0 amide bonds. The minimum Gasteiger partial charge on any atom is -1.00 e. The first-order valence-corrected chi connectivity index (χ1v) is 11.3. The monoisotopic (exact) mass is 505 g/mol. The van der Waals surface area contributed by atoms with Crippen LogP contribution < -0.4 is 24.8 Å². The molecule has 0 aliphatic heterocycles. The Morgan fingerprint density at radius 1 is 0.929 bits per heavy atom. The first-order valence-electron chi connectivity index (χ1n) is 9.01. The number of hydrogen-bond acceptors (Lipinski definition) is 0. The molecule has 0 fully saturated rings. The van der Waals surface area contributed by atoms with Gasteiger partial charge in [-0.15, -0.1) is 5.56 Å². The van der Waals surface area contributed by atoms with Crippen LogP contribution in [0.2, 0.25) is 13.1 Å². The van der Waals surface area contributed by atoms with Gasteiger partial charge in [-0.3, -0.25) is 0 Å². The van der Waals surface area contributed by atoms with Crippen LogP contribution in [0.1, 0.15) is 33.4 Å². The summed E-state index contributed by atoms with van der Waals surface area (Å²) in [5.41, 5.74) is 11.3. The van der Waals surface area contributed by atoms with E-state index in [0.717, 1.165) is 15.9 Å². The second-order valence-electron chi connectivity index (χ2n) is 6.73. The van der Waals surface area contributed by atoms with Gasteiger partial charge < -0.3 is 24.8 Å². The molecule has 0 bridgehead atoms. The number of hydrogen-bond donors (Lipinski definition) is 0. The van der Waals surface area contributed by atoms with E-state index in [1.807, 2.05) is 6.07 Å².